The molecule has 0 N–H and O–H groups in total. The van der Waals surface area contributed by atoms with Crippen molar-refractivity contribution in [2.24, 2.45) is 0 Å². The van der Waals surface area contributed by atoms with Crippen molar-refractivity contribution in [2.45, 2.75) is 41.5 Å². The Morgan fingerprint density at radius 2 is 1.67 bits per heavy atom. The van der Waals surface area contributed by atoms with E-state index in [0.717, 1.165) is 10.7 Å². The second-order valence-electron chi connectivity index (χ2n) is 2.51. The maximum Gasteiger partial charge on any atom is 0.170 e. The van der Waals surface area contributed by atoms with E-state index in [0.29, 0.717) is 0 Å². The molecule has 0 aliphatic heterocycles. The van der Waals surface area contributed by atoms with Crippen LogP contribution in [-0.2, 0) is 0 Å². The van der Waals surface area contributed by atoms with Crippen LogP contribution in [0.5, 0.6) is 0 Å². The van der Waals surface area contributed by atoms with Gasteiger partial charge in [0.15, 0.2) is 5.65 Å². The van der Waals surface area contributed by atoms with E-state index in [-0.39, 0.29) is 0 Å². The molecule has 0 saturated heterocycles. The van der Waals surface area contributed by atoms with Crippen molar-refractivity contribution in [3.05, 3.63) is 22.8 Å². The van der Waals surface area contributed by atoms with E-state index < -0.39 is 0 Å². The number of rotatable bonds is 0. The number of pyridine rings is 1. The SMILES string of the molecule is CC.CC.Cc1nc2nccc(C)c2s1. The molecule has 2 aromatic heterocycles. The highest BCUT2D eigenvalue weighted by Gasteiger charge is 2.01. The summed E-state index contributed by atoms with van der Waals surface area (Å²) in [6, 6.07) is 2.01. The maximum atomic E-state index is 4.28. The predicted molar refractivity (Wildman–Crippen MR) is 69.6 cm³/mol. The van der Waals surface area contributed by atoms with Crippen LogP contribution in [0, 0.1) is 13.8 Å². The summed E-state index contributed by atoms with van der Waals surface area (Å²) in [4.78, 5) is 8.44. The van der Waals surface area contributed by atoms with Gasteiger partial charge in [0.05, 0.1) is 9.71 Å². The lowest BCUT2D eigenvalue weighted by Gasteiger charge is -1.89. The lowest BCUT2D eigenvalue weighted by molar-refractivity contribution is 1.26. The van der Waals surface area contributed by atoms with Crippen LogP contribution in [0.2, 0.25) is 0 Å². The van der Waals surface area contributed by atoms with Gasteiger partial charge in [-0.2, -0.15) is 0 Å². The molecule has 0 saturated carbocycles. The van der Waals surface area contributed by atoms with Crippen LogP contribution in [0.25, 0.3) is 10.3 Å². The summed E-state index contributed by atoms with van der Waals surface area (Å²) in [6.07, 6.45) is 1.80. The van der Waals surface area contributed by atoms with E-state index in [9.17, 15) is 0 Å². The van der Waals surface area contributed by atoms with Crippen LogP contribution in [0.1, 0.15) is 38.3 Å². The summed E-state index contributed by atoms with van der Waals surface area (Å²) in [5.41, 5.74) is 2.15. The topological polar surface area (TPSA) is 25.8 Å². The van der Waals surface area contributed by atoms with Crippen molar-refractivity contribution in [3.63, 3.8) is 0 Å². The van der Waals surface area contributed by atoms with Gasteiger partial charge < -0.3 is 0 Å². The van der Waals surface area contributed by atoms with Gasteiger partial charge in [-0.3, -0.25) is 0 Å². The zero-order valence-corrected chi connectivity index (χ0v) is 11.3. The zero-order valence-electron chi connectivity index (χ0n) is 10.5. The van der Waals surface area contributed by atoms with E-state index in [2.05, 4.69) is 16.9 Å². The standard InChI is InChI=1S/C8H8N2S.2C2H6/c1-5-3-4-9-8-7(5)11-6(2)10-8;2*1-2/h3-4H,1-2H3;2*1-2H3. The number of fused-ring (bicyclic) bond motifs is 1. The molecule has 0 unspecified atom stereocenters. The third-order valence-corrected chi connectivity index (χ3v) is 2.69. The molecule has 2 heterocycles. The number of hydrogen-bond donors (Lipinski definition) is 0. The number of hydrogen-bond acceptors (Lipinski definition) is 3. The first-order valence-electron chi connectivity index (χ1n) is 5.46. The Bertz CT molecular complexity index is 393. The first kappa shape index (κ1) is 14.0. The molecular weight excluding hydrogens is 204 g/mol. The molecule has 0 radical (unpaired) electrons. The molecule has 0 aliphatic carbocycles. The Labute approximate surface area is 96.4 Å². The summed E-state index contributed by atoms with van der Waals surface area (Å²) >= 11 is 1.71. The van der Waals surface area contributed by atoms with Gasteiger partial charge in [-0.25, -0.2) is 9.97 Å². The summed E-state index contributed by atoms with van der Waals surface area (Å²) in [7, 11) is 0. The van der Waals surface area contributed by atoms with Gasteiger partial charge in [0.1, 0.15) is 0 Å². The molecule has 0 atom stereocenters. The van der Waals surface area contributed by atoms with Gasteiger partial charge in [0, 0.05) is 6.20 Å². The third-order valence-electron chi connectivity index (χ3n) is 1.60. The quantitative estimate of drug-likeness (QED) is 0.664. The Balaban J connectivity index is 0.000000442. The minimum atomic E-state index is 0.882. The fourth-order valence-electron chi connectivity index (χ4n) is 1.06. The van der Waals surface area contributed by atoms with Gasteiger partial charge in [-0.15, -0.1) is 11.3 Å². The van der Waals surface area contributed by atoms with E-state index in [1.54, 1.807) is 17.5 Å². The van der Waals surface area contributed by atoms with Gasteiger partial charge >= 0.3 is 0 Å². The largest absolute Gasteiger partial charge is 0.236 e. The molecule has 0 bridgehead atoms. The van der Waals surface area contributed by atoms with Crippen molar-refractivity contribution < 1.29 is 0 Å². The van der Waals surface area contributed by atoms with E-state index in [1.807, 2.05) is 40.7 Å². The molecule has 84 valence electrons. The molecule has 0 aliphatic rings. The fourth-order valence-corrected chi connectivity index (χ4v) is 1.90. The second-order valence-corrected chi connectivity index (χ2v) is 3.72. The number of aryl methyl sites for hydroxylation is 2. The first-order chi connectivity index (χ1) is 7.27. The van der Waals surface area contributed by atoms with Crippen LogP contribution >= 0.6 is 11.3 Å². The third kappa shape index (κ3) is 3.59. The minimum Gasteiger partial charge on any atom is -0.236 e. The van der Waals surface area contributed by atoms with Crippen molar-refractivity contribution >= 4 is 21.7 Å². The lowest BCUT2D eigenvalue weighted by Crippen LogP contribution is -1.77. The van der Waals surface area contributed by atoms with Crippen molar-refractivity contribution in [1.82, 2.24) is 9.97 Å². The molecule has 2 aromatic rings. The van der Waals surface area contributed by atoms with Crippen molar-refractivity contribution in [1.29, 1.82) is 0 Å². The molecule has 0 fully saturated rings. The maximum absolute atomic E-state index is 4.28. The summed E-state index contributed by atoms with van der Waals surface area (Å²) in [5.74, 6) is 0. The van der Waals surface area contributed by atoms with E-state index >= 15 is 0 Å². The highest BCUT2D eigenvalue weighted by atomic mass is 32.1. The average Bonchev–Trinajstić information content (AvgIpc) is 2.66. The highest BCUT2D eigenvalue weighted by molar-refractivity contribution is 7.18. The Morgan fingerprint density at radius 3 is 2.20 bits per heavy atom. The van der Waals surface area contributed by atoms with Crippen LogP contribution in [0.15, 0.2) is 12.3 Å². The van der Waals surface area contributed by atoms with Crippen molar-refractivity contribution in [3.8, 4) is 0 Å². The fraction of sp³-hybridized carbons (Fsp3) is 0.500. The monoisotopic (exact) mass is 224 g/mol. The Kier molecular flexibility index (Phi) is 6.88. The number of thiazole rings is 1. The molecule has 3 heteroatoms. The van der Waals surface area contributed by atoms with Crippen LogP contribution in [0.3, 0.4) is 0 Å². The molecular formula is C12H20N2S. The van der Waals surface area contributed by atoms with Gasteiger partial charge in [0.2, 0.25) is 0 Å². The van der Waals surface area contributed by atoms with Crippen LogP contribution < -0.4 is 0 Å². The molecule has 2 nitrogen and oxygen atoms in total. The summed E-state index contributed by atoms with van der Waals surface area (Å²) < 4.78 is 1.21. The normalized spacial score (nSPS) is 8.67. The van der Waals surface area contributed by atoms with Crippen LogP contribution in [0.4, 0.5) is 0 Å². The summed E-state index contributed by atoms with van der Waals surface area (Å²) in [6.45, 7) is 12.1. The number of aromatic nitrogens is 2. The molecule has 15 heavy (non-hydrogen) atoms. The molecule has 0 amide bonds. The van der Waals surface area contributed by atoms with Gasteiger partial charge in [0.25, 0.3) is 0 Å². The zero-order chi connectivity index (χ0) is 11.8. The highest BCUT2D eigenvalue weighted by Crippen LogP contribution is 2.22. The van der Waals surface area contributed by atoms with Gasteiger partial charge in [-0.05, 0) is 25.5 Å². The minimum absolute atomic E-state index is 0.882. The molecule has 0 spiro atoms. The predicted octanol–water partition coefficient (Wildman–Crippen LogP) is 4.36. The smallest absolute Gasteiger partial charge is 0.170 e. The van der Waals surface area contributed by atoms with Gasteiger partial charge in [-0.1, -0.05) is 27.7 Å². The average molecular weight is 224 g/mol. The lowest BCUT2D eigenvalue weighted by atomic mass is 10.3. The van der Waals surface area contributed by atoms with Crippen LogP contribution in [-0.4, -0.2) is 9.97 Å². The molecule has 0 aromatic carbocycles. The first-order valence-corrected chi connectivity index (χ1v) is 6.28. The Hall–Kier alpha value is -0.960. The summed E-state index contributed by atoms with van der Waals surface area (Å²) in [5, 5.41) is 1.09. The van der Waals surface area contributed by atoms with Crippen molar-refractivity contribution in [2.75, 3.05) is 0 Å². The second kappa shape index (κ2) is 7.35. The van der Waals surface area contributed by atoms with E-state index in [1.165, 1.54) is 10.3 Å². The number of nitrogens with zero attached hydrogens (tertiary/aromatic N) is 2. The van der Waals surface area contributed by atoms with E-state index in [4.69, 9.17) is 0 Å². The Morgan fingerprint density at radius 1 is 1.07 bits per heavy atom. The molecule has 2 rings (SSSR count).